The van der Waals surface area contributed by atoms with Crippen molar-refractivity contribution in [2.24, 2.45) is 0 Å². The van der Waals surface area contributed by atoms with Gasteiger partial charge in [-0.3, -0.25) is 14.5 Å². The summed E-state index contributed by atoms with van der Waals surface area (Å²) in [4.78, 5) is 27.4. The molecule has 0 aromatic heterocycles. The maximum absolute atomic E-state index is 13.4. The molecule has 6 heteroatoms. The quantitative estimate of drug-likeness (QED) is 0.492. The van der Waals surface area contributed by atoms with E-state index < -0.39 is 5.82 Å². The lowest BCUT2D eigenvalue weighted by Gasteiger charge is -2.16. The van der Waals surface area contributed by atoms with Gasteiger partial charge in [0, 0.05) is 18.8 Å². The van der Waals surface area contributed by atoms with Gasteiger partial charge in [-0.2, -0.15) is 0 Å². The molecule has 1 heterocycles. The molecule has 2 aromatic carbocycles. The van der Waals surface area contributed by atoms with Gasteiger partial charge in [0.15, 0.2) is 0 Å². The number of carbonyl (C=O) groups is 2. The Balaban J connectivity index is 1.88. The molecule has 1 aliphatic heterocycles. The van der Waals surface area contributed by atoms with Gasteiger partial charge in [0.2, 0.25) is 0 Å². The van der Waals surface area contributed by atoms with Gasteiger partial charge in [0.25, 0.3) is 11.8 Å². The number of amides is 2. The molecule has 0 saturated carbocycles. The first-order chi connectivity index (χ1) is 14.4. The molecular formula is C24H27FN2O3. The van der Waals surface area contributed by atoms with Crippen LogP contribution in [0.5, 0.6) is 0 Å². The molecule has 0 unspecified atom stereocenters. The van der Waals surface area contributed by atoms with Crippen molar-refractivity contribution in [3.05, 3.63) is 71.2 Å². The fourth-order valence-corrected chi connectivity index (χ4v) is 3.29. The van der Waals surface area contributed by atoms with Crippen LogP contribution in [0, 0.1) is 5.82 Å². The highest BCUT2D eigenvalue weighted by Gasteiger charge is 2.38. The number of anilines is 1. The number of ether oxygens (including phenoxy) is 1. The summed E-state index contributed by atoms with van der Waals surface area (Å²) in [6, 6.07) is 13.3. The summed E-state index contributed by atoms with van der Waals surface area (Å²) in [5.41, 5.74) is 2.86. The number of hydrogen-bond acceptors (Lipinski definition) is 4. The number of imide groups is 1. The highest BCUT2D eigenvalue weighted by atomic mass is 19.1. The summed E-state index contributed by atoms with van der Waals surface area (Å²) in [6.45, 7) is 6.66. The molecule has 5 nitrogen and oxygen atoms in total. The summed E-state index contributed by atoms with van der Waals surface area (Å²) in [6.07, 6.45) is 1.55. The van der Waals surface area contributed by atoms with Crippen molar-refractivity contribution in [1.29, 1.82) is 0 Å². The molecule has 1 N–H and O–H groups in total. The van der Waals surface area contributed by atoms with E-state index in [0.29, 0.717) is 24.3 Å². The zero-order valence-electron chi connectivity index (χ0n) is 17.6. The maximum atomic E-state index is 13.4. The molecule has 30 heavy (non-hydrogen) atoms. The average Bonchev–Trinajstić information content (AvgIpc) is 2.96. The van der Waals surface area contributed by atoms with Crippen LogP contribution in [0.25, 0.3) is 5.57 Å². The zero-order valence-corrected chi connectivity index (χ0v) is 17.6. The van der Waals surface area contributed by atoms with Gasteiger partial charge in [0.05, 0.1) is 11.7 Å². The fraction of sp³-hybridized carbons (Fsp3) is 0.333. The van der Waals surface area contributed by atoms with E-state index in [0.717, 1.165) is 6.42 Å². The smallest absolute Gasteiger partial charge is 0.278 e. The van der Waals surface area contributed by atoms with E-state index in [2.05, 4.69) is 12.2 Å². The van der Waals surface area contributed by atoms with Gasteiger partial charge in [0.1, 0.15) is 11.5 Å². The Hall–Kier alpha value is -2.99. The number of rotatable bonds is 9. The van der Waals surface area contributed by atoms with Crippen LogP contribution >= 0.6 is 0 Å². The second kappa shape index (κ2) is 9.67. The van der Waals surface area contributed by atoms with Crippen LogP contribution in [0.2, 0.25) is 0 Å². The Morgan fingerprint density at radius 1 is 1.00 bits per heavy atom. The van der Waals surface area contributed by atoms with Gasteiger partial charge in [-0.25, -0.2) is 4.39 Å². The lowest BCUT2D eigenvalue weighted by molar-refractivity contribution is -0.137. The first-order valence-corrected chi connectivity index (χ1v) is 10.2. The summed E-state index contributed by atoms with van der Waals surface area (Å²) in [5, 5.41) is 3.12. The molecule has 2 aromatic rings. The Labute approximate surface area is 176 Å². The van der Waals surface area contributed by atoms with Crippen LogP contribution in [0.3, 0.4) is 0 Å². The van der Waals surface area contributed by atoms with Crippen LogP contribution in [-0.2, 0) is 20.7 Å². The molecule has 158 valence electrons. The maximum Gasteiger partial charge on any atom is 0.278 e. The largest absolute Gasteiger partial charge is 0.379 e. The van der Waals surface area contributed by atoms with Crippen molar-refractivity contribution >= 4 is 23.1 Å². The molecule has 0 fully saturated rings. The van der Waals surface area contributed by atoms with E-state index in [1.54, 1.807) is 0 Å². The lowest BCUT2D eigenvalue weighted by Crippen LogP contribution is -2.34. The summed E-state index contributed by atoms with van der Waals surface area (Å²) in [7, 11) is 0. The first-order valence-electron chi connectivity index (χ1n) is 10.2. The minimum atomic E-state index is -0.400. The van der Waals surface area contributed by atoms with Gasteiger partial charge >= 0.3 is 0 Å². The van der Waals surface area contributed by atoms with E-state index in [-0.39, 0.29) is 35.7 Å². The molecule has 3 rings (SSSR count). The summed E-state index contributed by atoms with van der Waals surface area (Å²) in [5.74, 6) is -1.17. The molecule has 0 spiro atoms. The number of benzene rings is 2. The average molecular weight is 410 g/mol. The third-order valence-corrected chi connectivity index (χ3v) is 4.91. The highest BCUT2D eigenvalue weighted by molar-refractivity contribution is 6.36. The topological polar surface area (TPSA) is 58.6 Å². The van der Waals surface area contributed by atoms with Crippen molar-refractivity contribution in [2.75, 3.05) is 18.5 Å². The summed E-state index contributed by atoms with van der Waals surface area (Å²) >= 11 is 0. The fourth-order valence-electron chi connectivity index (χ4n) is 3.29. The molecule has 0 saturated heterocycles. The summed E-state index contributed by atoms with van der Waals surface area (Å²) < 4.78 is 18.9. The van der Waals surface area contributed by atoms with Crippen LogP contribution in [0.15, 0.2) is 54.2 Å². The van der Waals surface area contributed by atoms with Crippen molar-refractivity contribution in [1.82, 2.24) is 4.90 Å². The molecular weight excluding hydrogens is 383 g/mol. The molecule has 0 radical (unpaired) electrons. The van der Waals surface area contributed by atoms with E-state index in [4.69, 9.17) is 4.74 Å². The van der Waals surface area contributed by atoms with E-state index >= 15 is 0 Å². The van der Waals surface area contributed by atoms with Gasteiger partial charge < -0.3 is 10.1 Å². The van der Waals surface area contributed by atoms with Crippen LogP contribution < -0.4 is 5.32 Å². The van der Waals surface area contributed by atoms with E-state index in [9.17, 15) is 14.0 Å². The third kappa shape index (κ3) is 4.94. The van der Waals surface area contributed by atoms with Crippen LogP contribution in [0.1, 0.15) is 38.3 Å². The Bertz CT molecular complexity index is 934. The number of halogens is 1. The van der Waals surface area contributed by atoms with Crippen molar-refractivity contribution < 1.29 is 18.7 Å². The minimum absolute atomic E-state index is 0.0891. The predicted octanol–water partition coefficient (Wildman–Crippen LogP) is 4.40. The van der Waals surface area contributed by atoms with E-state index in [1.807, 2.05) is 38.1 Å². The Morgan fingerprint density at radius 2 is 1.67 bits per heavy atom. The second-order valence-electron chi connectivity index (χ2n) is 7.47. The van der Waals surface area contributed by atoms with E-state index in [1.165, 1.54) is 34.7 Å². The number of nitrogens with one attached hydrogen (secondary N) is 1. The molecule has 0 bridgehead atoms. The molecule has 0 aliphatic carbocycles. The van der Waals surface area contributed by atoms with Gasteiger partial charge in [-0.15, -0.1) is 0 Å². The van der Waals surface area contributed by atoms with Gasteiger partial charge in [-0.1, -0.05) is 31.2 Å². The second-order valence-corrected chi connectivity index (χ2v) is 7.47. The monoisotopic (exact) mass is 410 g/mol. The number of carbonyl (C=O) groups excluding carboxylic acids is 2. The van der Waals surface area contributed by atoms with Crippen molar-refractivity contribution in [3.63, 3.8) is 0 Å². The standard InChI is InChI=1S/C24H27FN2O3/c1-4-17-6-12-20(13-7-17)26-22-21(18-8-10-19(25)11-9-18)23(28)27(24(22)29)14-5-15-30-16(2)3/h6-13,16,26H,4-5,14-15H2,1-3H3. The van der Waals surface area contributed by atoms with Crippen LogP contribution in [0.4, 0.5) is 10.1 Å². The molecule has 0 atom stereocenters. The number of hydrogen-bond donors (Lipinski definition) is 1. The highest BCUT2D eigenvalue weighted by Crippen LogP contribution is 2.30. The predicted molar refractivity (Wildman–Crippen MR) is 115 cm³/mol. The van der Waals surface area contributed by atoms with Crippen molar-refractivity contribution in [3.8, 4) is 0 Å². The number of nitrogens with zero attached hydrogens (tertiary/aromatic N) is 1. The third-order valence-electron chi connectivity index (χ3n) is 4.91. The SMILES string of the molecule is CCc1ccc(NC2=C(c3ccc(F)cc3)C(=O)N(CCCOC(C)C)C2=O)cc1. The van der Waals surface area contributed by atoms with Crippen molar-refractivity contribution in [2.45, 2.75) is 39.7 Å². The normalized spacial score (nSPS) is 14.2. The molecule has 1 aliphatic rings. The van der Waals surface area contributed by atoms with Crippen LogP contribution in [-0.4, -0.2) is 36.0 Å². The molecule has 2 amide bonds. The Kier molecular flexibility index (Phi) is 7.00. The minimum Gasteiger partial charge on any atom is -0.379 e. The van der Waals surface area contributed by atoms with Gasteiger partial charge in [-0.05, 0) is 62.1 Å². The zero-order chi connectivity index (χ0) is 21.7. The first kappa shape index (κ1) is 21.7. The lowest BCUT2D eigenvalue weighted by atomic mass is 10.0. The Morgan fingerprint density at radius 3 is 2.27 bits per heavy atom. The number of aryl methyl sites for hydroxylation is 1.